The van der Waals surface area contributed by atoms with Crippen LogP contribution >= 0.6 is 24.0 Å². The molecule has 1 aliphatic heterocycles. The Hall–Kier alpha value is -0.0800. The molecule has 5 nitrogen and oxygen atoms in total. The van der Waals surface area contributed by atoms with E-state index in [1.165, 1.54) is 25.9 Å². The molecule has 0 amide bonds. The number of nitrogens with one attached hydrogen (secondary N) is 2. The lowest BCUT2D eigenvalue weighted by atomic mass is 10.0. The Labute approximate surface area is 153 Å². The molecule has 1 atom stereocenters. The van der Waals surface area contributed by atoms with Crippen LogP contribution in [0, 0.1) is 5.92 Å². The fraction of sp³-hybridized carbons (Fsp3) is 0.938. The van der Waals surface area contributed by atoms with E-state index in [0.717, 1.165) is 38.8 Å². The molecule has 0 aromatic heterocycles. The van der Waals surface area contributed by atoms with Crippen LogP contribution in [-0.2, 0) is 4.74 Å². The van der Waals surface area contributed by atoms with E-state index in [-0.39, 0.29) is 24.0 Å². The van der Waals surface area contributed by atoms with Crippen molar-refractivity contribution in [2.45, 2.75) is 46.6 Å². The average molecular weight is 426 g/mol. The summed E-state index contributed by atoms with van der Waals surface area (Å²) < 4.78 is 5.35. The van der Waals surface area contributed by atoms with Crippen molar-refractivity contribution in [3.05, 3.63) is 0 Å². The van der Waals surface area contributed by atoms with Crippen molar-refractivity contribution < 1.29 is 4.74 Å². The minimum Gasteiger partial charge on any atom is -0.380 e. The maximum atomic E-state index is 5.35. The number of likely N-dealkylation sites (tertiary alicyclic amines) is 1. The molecule has 0 aliphatic carbocycles. The molecule has 6 heteroatoms. The van der Waals surface area contributed by atoms with Crippen LogP contribution in [0.1, 0.15) is 40.5 Å². The SMILES string of the molecule is CCNC(=NCC(C(C)C)N1CCCC1)NCCOCC.I. The van der Waals surface area contributed by atoms with Crippen LogP contribution in [0.2, 0.25) is 0 Å². The number of hydrogen-bond donors (Lipinski definition) is 2. The summed E-state index contributed by atoms with van der Waals surface area (Å²) >= 11 is 0. The summed E-state index contributed by atoms with van der Waals surface area (Å²) in [4.78, 5) is 7.37. The maximum absolute atomic E-state index is 5.35. The number of hydrogen-bond acceptors (Lipinski definition) is 3. The van der Waals surface area contributed by atoms with E-state index in [1.807, 2.05) is 6.92 Å². The molecule has 0 radical (unpaired) electrons. The Morgan fingerprint density at radius 1 is 1.18 bits per heavy atom. The number of ether oxygens (including phenoxy) is 1. The van der Waals surface area contributed by atoms with Crippen LogP contribution in [0.25, 0.3) is 0 Å². The summed E-state index contributed by atoms with van der Waals surface area (Å²) in [5.74, 6) is 1.54. The molecule has 0 bridgehead atoms. The van der Waals surface area contributed by atoms with Crippen molar-refractivity contribution in [3.8, 4) is 0 Å². The van der Waals surface area contributed by atoms with E-state index in [9.17, 15) is 0 Å². The first-order valence-corrected chi connectivity index (χ1v) is 8.53. The van der Waals surface area contributed by atoms with Gasteiger partial charge < -0.3 is 15.4 Å². The van der Waals surface area contributed by atoms with Crippen LogP contribution in [0.4, 0.5) is 0 Å². The van der Waals surface area contributed by atoms with Gasteiger partial charge in [0.05, 0.1) is 13.2 Å². The van der Waals surface area contributed by atoms with Crippen molar-refractivity contribution in [2.24, 2.45) is 10.9 Å². The number of aliphatic imine (C=N–C) groups is 1. The molecule has 1 heterocycles. The van der Waals surface area contributed by atoms with Gasteiger partial charge >= 0.3 is 0 Å². The molecular formula is C16H35IN4O. The fourth-order valence-electron chi connectivity index (χ4n) is 2.73. The highest BCUT2D eigenvalue weighted by molar-refractivity contribution is 14.0. The summed E-state index contributed by atoms with van der Waals surface area (Å²) in [7, 11) is 0. The van der Waals surface area contributed by atoms with Crippen molar-refractivity contribution >= 4 is 29.9 Å². The molecule has 0 spiro atoms. The number of rotatable bonds is 9. The quantitative estimate of drug-likeness (QED) is 0.257. The molecule has 132 valence electrons. The molecule has 2 N–H and O–H groups in total. The van der Waals surface area contributed by atoms with Gasteiger partial charge in [0.25, 0.3) is 0 Å². The highest BCUT2D eigenvalue weighted by Crippen LogP contribution is 2.17. The predicted molar refractivity (Wildman–Crippen MR) is 105 cm³/mol. The second kappa shape index (κ2) is 13.4. The lowest BCUT2D eigenvalue weighted by molar-refractivity contribution is 0.152. The molecule has 1 saturated heterocycles. The smallest absolute Gasteiger partial charge is 0.191 e. The monoisotopic (exact) mass is 426 g/mol. The van der Waals surface area contributed by atoms with Gasteiger partial charge in [0.2, 0.25) is 0 Å². The molecule has 1 aliphatic rings. The van der Waals surface area contributed by atoms with Crippen molar-refractivity contribution in [2.75, 3.05) is 45.9 Å². The minimum atomic E-state index is 0. The largest absolute Gasteiger partial charge is 0.380 e. The van der Waals surface area contributed by atoms with Gasteiger partial charge in [-0.2, -0.15) is 0 Å². The molecule has 1 unspecified atom stereocenters. The topological polar surface area (TPSA) is 48.9 Å². The van der Waals surface area contributed by atoms with Gasteiger partial charge in [-0.3, -0.25) is 9.89 Å². The van der Waals surface area contributed by atoms with E-state index in [0.29, 0.717) is 12.0 Å². The van der Waals surface area contributed by atoms with Crippen LogP contribution < -0.4 is 10.6 Å². The Morgan fingerprint density at radius 2 is 1.86 bits per heavy atom. The first-order chi connectivity index (χ1) is 10.2. The highest BCUT2D eigenvalue weighted by atomic mass is 127. The van der Waals surface area contributed by atoms with Crippen LogP contribution in [-0.4, -0.2) is 62.8 Å². The van der Waals surface area contributed by atoms with E-state index >= 15 is 0 Å². The fourth-order valence-corrected chi connectivity index (χ4v) is 2.73. The highest BCUT2D eigenvalue weighted by Gasteiger charge is 2.24. The Bertz CT molecular complexity index is 294. The Kier molecular flexibility index (Phi) is 13.3. The van der Waals surface area contributed by atoms with Gasteiger partial charge in [-0.1, -0.05) is 13.8 Å². The standard InChI is InChI=1S/C16H34N4O.HI/c1-5-17-16(18-9-12-21-6-2)19-13-15(14(3)4)20-10-7-8-11-20;/h14-15H,5-13H2,1-4H3,(H2,17,18,19);1H. The molecule has 22 heavy (non-hydrogen) atoms. The van der Waals surface area contributed by atoms with Crippen molar-refractivity contribution in [3.63, 3.8) is 0 Å². The van der Waals surface area contributed by atoms with Crippen LogP contribution in [0.15, 0.2) is 4.99 Å². The van der Waals surface area contributed by atoms with Crippen molar-refractivity contribution in [1.82, 2.24) is 15.5 Å². The zero-order valence-electron chi connectivity index (χ0n) is 14.7. The first kappa shape index (κ1) is 21.9. The van der Waals surface area contributed by atoms with E-state index in [2.05, 4.69) is 36.3 Å². The summed E-state index contributed by atoms with van der Waals surface area (Å²) in [6.45, 7) is 15.2. The van der Waals surface area contributed by atoms with Crippen LogP contribution in [0.5, 0.6) is 0 Å². The third kappa shape index (κ3) is 8.53. The van der Waals surface area contributed by atoms with Gasteiger partial charge in [-0.25, -0.2) is 0 Å². The third-order valence-electron chi connectivity index (χ3n) is 3.90. The summed E-state index contributed by atoms with van der Waals surface area (Å²) in [5.41, 5.74) is 0. The zero-order valence-corrected chi connectivity index (χ0v) is 17.1. The van der Waals surface area contributed by atoms with E-state index < -0.39 is 0 Å². The molecule has 1 rings (SSSR count). The molecule has 0 aromatic rings. The number of nitrogens with zero attached hydrogens (tertiary/aromatic N) is 2. The Morgan fingerprint density at radius 3 is 2.41 bits per heavy atom. The van der Waals surface area contributed by atoms with Gasteiger partial charge in [0.15, 0.2) is 5.96 Å². The van der Waals surface area contributed by atoms with Crippen molar-refractivity contribution in [1.29, 1.82) is 0 Å². The van der Waals surface area contributed by atoms with E-state index in [1.54, 1.807) is 0 Å². The first-order valence-electron chi connectivity index (χ1n) is 8.53. The van der Waals surface area contributed by atoms with Crippen LogP contribution in [0.3, 0.4) is 0 Å². The second-order valence-corrected chi connectivity index (χ2v) is 5.90. The lowest BCUT2D eigenvalue weighted by Gasteiger charge is -2.29. The summed E-state index contributed by atoms with van der Waals surface area (Å²) in [6.07, 6.45) is 2.67. The maximum Gasteiger partial charge on any atom is 0.191 e. The zero-order chi connectivity index (χ0) is 15.5. The predicted octanol–water partition coefficient (Wildman–Crippen LogP) is 2.32. The third-order valence-corrected chi connectivity index (χ3v) is 3.90. The molecular weight excluding hydrogens is 391 g/mol. The van der Waals surface area contributed by atoms with Gasteiger partial charge in [-0.15, -0.1) is 24.0 Å². The number of guanidine groups is 1. The summed E-state index contributed by atoms with van der Waals surface area (Å²) in [5, 5.41) is 6.64. The molecule has 1 fully saturated rings. The Balaban J connectivity index is 0.00000441. The average Bonchev–Trinajstić information content (AvgIpc) is 2.97. The molecule has 0 saturated carbocycles. The van der Waals surface area contributed by atoms with E-state index in [4.69, 9.17) is 9.73 Å². The normalized spacial score (nSPS) is 17.4. The van der Waals surface area contributed by atoms with Gasteiger partial charge in [0, 0.05) is 25.7 Å². The second-order valence-electron chi connectivity index (χ2n) is 5.90. The lowest BCUT2D eigenvalue weighted by Crippen LogP contribution is -2.42. The van der Waals surface area contributed by atoms with Gasteiger partial charge in [-0.05, 0) is 45.7 Å². The minimum absolute atomic E-state index is 0. The molecule has 0 aromatic carbocycles. The van der Waals surface area contributed by atoms with Gasteiger partial charge in [0.1, 0.15) is 0 Å². The summed E-state index contributed by atoms with van der Waals surface area (Å²) in [6, 6.07) is 0.551. The number of halogens is 1.